The standard InChI is InChI=1S/C41H44N4O9/c1-50-13-9-25-18-34-35-20-27(11-15-52-3)33(44-35)22-38(54-23-24-5-6-29(40(46)47)30(17-24)41(48)49)39-28(12-16-53-4)21-37(45-39)36-19-26(10-14-51-2)32(43-36)8-7-31(25)42-34/h5-8,17-22,43-44H,9-16,23H2,1-4H3,(H,46,47)(H,48,49). The number of aromatic nitrogens is 4. The predicted octanol–water partition coefficient (Wildman–Crippen LogP) is 6.82. The van der Waals surface area contributed by atoms with Gasteiger partial charge >= 0.3 is 11.9 Å². The quantitative estimate of drug-likeness (QED) is 0.0894. The van der Waals surface area contributed by atoms with Crippen molar-refractivity contribution in [3.63, 3.8) is 0 Å². The number of carboxylic acid groups (broad SMARTS) is 2. The number of ether oxygens (including phenoxy) is 5. The molecule has 2 aliphatic heterocycles. The molecule has 0 radical (unpaired) electrons. The molecule has 4 aromatic rings. The van der Waals surface area contributed by atoms with Crippen LogP contribution in [0.2, 0.25) is 0 Å². The highest BCUT2D eigenvalue weighted by atomic mass is 16.5. The van der Waals surface area contributed by atoms with Crippen molar-refractivity contribution in [2.24, 2.45) is 0 Å². The van der Waals surface area contributed by atoms with Gasteiger partial charge in [-0.05, 0) is 102 Å². The minimum Gasteiger partial charge on any atom is -0.487 e. The number of carbonyl (C=O) groups is 2. The minimum atomic E-state index is -1.34. The van der Waals surface area contributed by atoms with Crippen LogP contribution in [0.25, 0.3) is 45.4 Å². The third kappa shape index (κ3) is 8.61. The first-order valence-electron chi connectivity index (χ1n) is 17.6. The lowest BCUT2D eigenvalue weighted by Crippen LogP contribution is -2.09. The van der Waals surface area contributed by atoms with Gasteiger partial charge in [-0.25, -0.2) is 19.6 Å². The lowest BCUT2D eigenvalue weighted by atomic mass is 10.0. The Hall–Kier alpha value is -5.60. The molecule has 2 aliphatic rings. The molecular weight excluding hydrogens is 692 g/mol. The fourth-order valence-electron chi connectivity index (χ4n) is 6.47. The molecule has 0 saturated heterocycles. The van der Waals surface area contributed by atoms with Crippen LogP contribution in [-0.4, -0.2) is 97.0 Å². The number of fused-ring (bicyclic) bond motifs is 10. The van der Waals surface area contributed by atoms with Gasteiger partial charge in [-0.3, -0.25) is 0 Å². The number of rotatable bonds is 17. The summed E-state index contributed by atoms with van der Waals surface area (Å²) in [5.41, 5.74) is 10.0. The number of methoxy groups -OCH3 is 4. The fraction of sp³-hybridized carbons (Fsp3) is 0.317. The van der Waals surface area contributed by atoms with Crippen molar-refractivity contribution < 1.29 is 43.5 Å². The summed E-state index contributed by atoms with van der Waals surface area (Å²) in [4.78, 5) is 41.1. The summed E-state index contributed by atoms with van der Waals surface area (Å²) in [5, 5.41) is 19.3. The molecule has 0 atom stereocenters. The highest BCUT2D eigenvalue weighted by molar-refractivity contribution is 6.01. The number of hydrogen-bond donors (Lipinski definition) is 4. The molecule has 0 spiro atoms. The van der Waals surface area contributed by atoms with Crippen LogP contribution in [0.15, 0.2) is 48.5 Å². The molecule has 54 heavy (non-hydrogen) atoms. The number of aromatic carboxylic acids is 2. The van der Waals surface area contributed by atoms with Crippen molar-refractivity contribution in [2.45, 2.75) is 32.3 Å². The normalized spacial score (nSPS) is 12.4. The van der Waals surface area contributed by atoms with Crippen LogP contribution in [-0.2, 0) is 38.4 Å². The zero-order valence-electron chi connectivity index (χ0n) is 30.8. The first kappa shape index (κ1) is 38.1. The Morgan fingerprint density at radius 3 is 1.83 bits per heavy atom. The number of nitrogens with one attached hydrogen (secondary N) is 2. The van der Waals surface area contributed by atoms with E-state index in [1.54, 1.807) is 34.5 Å². The van der Waals surface area contributed by atoms with Gasteiger partial charge in [0.25, 0.3) is 0 Å². The molecule has 282 valence electrons. The van der Waals surface area contributed by atoms with Crippen LogP contribution >= 0.6 is 0 Å². The van der Waals surface area contributed by atoms with Gasteiger partial charge < -0.3 is 43.9 Å². The zero-order valence-corrected chi connectivity index (χ0v) is 30.8. The zero-order chi connectivity index (χ0) is 38.2. The van der Waals surface area contributed by atoms with E-state index in [1.807, 2.05) is 24.3 Å². The number of H-pyrrole nitrogens is 2. The molecule has 1 aromatic carbocycles. The SMILES string of the molecule is COCCC1=Cc2nc1ccc1[nH]c(cc1CCOC)c1nc(c(OCc3ccc(C(=O)O)c(C(=O)O)c3)cc3[nH]c2cc3CCOC)C(CCOC)=C1. The van der Waals surface area contributed by atoms with Crippen LogP contribution in [0.1, 0.15) is 73.0 Å². The van der Waals surface area contributed by atoms with Gasteiger partial charge in [-0.2, -0.15) is 0 Å². The van der Waals surface area contributed by atoms with E-state index in [1.165, 1.54) is 12.1 Å². The van der Waals surface area contributed by atoms with Gasteiger partial charge in [0, 0.05) is 45.5 Å². The highest BCUT2D eigenvalue weighted by Gasteiger charge is 2.21. The van der Waals surface area contributed by atoms with Crippen molar-refractivity contribution >= 4 is 57.3 Å². The Kier molecular flexibility index (Phi) is 12.3. The van der Waals surface area contributed by atoms with Gasteiger partial charge in [-0.15, -0.1) is 0 Å². The summed E-state index contributed by atoms with van der Waals surface area (Å²) in [6, 6.07) is 14.3. The second-order valence-corrected chi connectivity index (χ2v) is 12.9. The fourth-order valence-corrected chi connectivity index (χ4v) is 6.47. The molecule has 13 nitrogen and oxygen atoms in total. The summed E-state index contributed by atoms with van der Waals surface area (Å²) in [6.07, 6.45) is 6.59. The molecule has 0 amide bonds. The van der Waals surface area contributed by atoms with E-state index in [9.17, 15) is 19.8 Å². The summed E-state index contributed by atoms with van der Waals surface area (Å²) in [7, 11) is 6.66. The molecule has 13 heteroatoms. The number of aromatic amines is 2. The third-order valence-corrected chi connectivity index (χ3v) is 9.31. The van der Waals surface area contributed by atoms with Crippen molar-refractivity contribution in [2.75, 3.05) is 54.9 Å². The molecule has 0 unspecified atom stereocenters. The van der Waals surface area contributed by atoms with E-state index in [4.69, 9.17) is 33.7 Å². The Labute approximate surface area is 312 Å². The van der Waals surface area contributed by atoms with Gasteiger partial charge in [0.2, 0.25) is 0 Å². The first-order chi connectivity index (χ1) is 26.2. The molecule has 6 rings (SSSR count). The topological polar surface area (TPSA) is 178 Å². The summed E-state index contributed by atoms with van der Waals surface area (Å²) in [6.45, 7) is 1.92. The monoisotopic (exact) mass is 736 g/mol. The van der Waals surface area contributed by atoms with Gasteiger partial charge in [0.15, 0.2) is 0 Å². The van der Waals surface area contributed by atoms with Crippen LogP contribution in [0, 0.1) is 0 Å². The van der Waals surface area contributed by atoms with Crippen LogP contribution in [0.4, 0.5) is 0 Å². The third-order valence-electron chi connectivity index (χ3n) is 9.31. The summed E-state index contributed by atoms with van der Waals surface area (Å²) in [5.74, 6) is -2.24. The maximum atomic E-state index is 12.0. The smallest absolute Gasteiger partial charge is 0.336 e. The molecule has 0 saturated carbocycles. The van der Waals surface area contributed by atoms with Crippen molar-refractivity contribution in [3.8, 4) is 5.75 Å². The number of nitrogens with zero attached hydrogens (tertiary/aromatic N) is 2. The number of carboxylic acids is 2. The predicted molar refractivity (Wildman–Crippen MR) is 206 cm³/mol. The Morgan fingerprint density at radius 1 is 0.611 bits per heavy atom. The average Bonchev–Trinajstić information content (AvgIpc) is 3.96. The van der Waals surface area contributed by atoms with Crippen LogP contribution < -0.4 is 4.74 Å². The highest BCUT2D eigenvalue weighted by Crippen LogP contribution is 2.35. The van der Waals surface area contributed by atoms with E-state index in [0.29, 0.717) is 74.8 Å². The van der Waals surface area contributed by atoms with E-state index < -0.39 is 11.9 Å². The number of hydrogen-bond acceptors (Lipinski definition) is 9. The molecule has 5 heterocycles. The van der Waals surface area contributed by atoms with Crippen molar-refractivity contribution in [3.05, 3.63) is 99.1 Å². The lowest BCUT2D eigenvalue weighted by Gasteiger charge is -2.11. The van der Waals surface area contributed by atoms with E-state index in [0.717, 1.165) is 55.7 Å². The molecule has 8 bridgehead atoms. The van der Waals surface area contributed by atoms with E-state index in [2.05, 4.69) is 28.2 Å². The summed E-state index contributed by atoms with van der Waals surface area (Å²) < 4.78 is 28.4. The van der Waals surface area contributed by atoms with E-state index >= 15 is 0 Å². The minimum absolute atomic E-state index is 0.0614. The molecule has 4 N–H and O–H groups in total. The largest absolute Gasteiger partial charge is 0.487 e. The molecule has 0 fully saturated rings. The summed E-state index contributed by atoms with van der Waals surface area (Å²) >= 11 is 0. The molecular formula is C41H44N4O9. The van der Waals surface area contributed by atoms with Gasteiger partial charge in [0.1, 0.15) is 18.1 Å². The van der Waals surface area contributed by atoms with Crippen molar-refractivity contribution in [1.82, 2.24) is 19.9 Å². The van der Waals surface area contributed by atoms with E-state index in [-0.39, 0.29) is 17.7 Å². The second-order valence-electron chi connectivity index (χ2n) is 12.9. The van der Waals surface area contributed by atoms with Crippen LogP contribution in [0.3, 0.4) is 0 Å². The lowest BCUT2D eigenvalue weighted by molar-refractivity contribution is 0.0651. The van der Waals surface area contributed by atoms with Gasteiger partial charge in [0.05, 0.1) is 65.7 Å². The number of benzene rings is 1. The first-order valence-corrected chi connectivity index (χ1v) is 17.6. The maximum Gasteiger partial charge on any atom is 0.336 e. The van der Waals surface area contributed by atoms with Crippen molar-refractivity contribution in [1.29, 1.82) is 0 Å². The molecule has 0 aliphatic carbocycles. The average molecular weight is 737 g/mol. The Morgan fingerprint density at radius 2 is 1.19 bits per heavy atom. The second kappa shape index (κ2) is 17.5. The Balaban J connectivity index is 1.63. The van der Waals surface area contributed by atoms with Gasteiger partial charge in [-0.1, -0.05) is 6.07 Å². The maximum absolute atomic E-state index is 12.0. The molecule has 3 aromatic heterocycles. The van der Waals surface area contributed by atoms with Crippen LogP contribution in [0.5, 0.6) is 5.75 Å². The Bertz CT molecular complexity index is 2270.